The Balaban J connectivity index is 1.59. The smallest absolute Gasteiger partial charge is 0.246 e. The molecular weight excluding hydrogens is 895 g/mol. The molecule has 0 fully saturated rings. The molecular formula is C56H64O10P2. The average Bonchev–Trinajstić information content (AvgIpc) is 3.77. The molecule has 2 aliphatic heterocycles. The number of hydrogen-bond donors (Lipinski definition) is 0. The topological polar surface area (TPSA) is 108 Å². The molecule has 0 aliphatic carbocycles. The fourth-order valence-electron chi connectivity index (χ4n) is 10.5. The van der Waals surface area contributed by atoms with Gasteiger partial charge in [0.25, 0.3) is 0 Å². The number of fused-ring (bicyclic) bond motifs is 2. The number of methoxy groups -OCH3 is 4. The Labute approximate surface area is 401 Å². The van der Waals surface area contributed by atoms with Gasteiger partial charge in [0.1, 0.15) is 23.0 Å². The molecule has 0 N–H and O–H groups in total. The van der Waals surface area contributed by atoms with Gasteiger partial charge in [-0.3, -0.25) is 0 Å². The van der Waals surface area contributed by atoms with Gasteiger partial charge in [0, 0.05) is 76.2 Å². The zero-order valence-corrected chi connectivity index (χ0v) is 44.5. The second kappa shape index (κ2) is 17.0. The Hall–Kier alpha value is -5.82. The molecule has 0 saturated carbocycles. The van der Waals surface area contributed by atoms with E-state index in [1.54, 1.807) is 28.4 Å². The van der Waals surface area contributed by atoms with E-state index in [1.165, 1.54) is 0 Å². The molecule has 6 aromatic carbocycles. The summed E-state index contributed by atoms with van der Waals surface area (Å²) in [5, 5.41) is 3.40. The third-order valence-electron chi connectivity index (χ3n) is 13.2. The van der Waals surface area contributed by atoms with E-state index in [0.29, 0.717) is 83.0 Å². The summed E-state index contributed by atoms with van der Waals surface area (Å²) in [4.78, 5) is 0. The first-order valence-electron chi connectivity index (χ1n) is 22.8. The molecule has 0 bridgehead atoms. The van der Waals surface area contributed by atoms with Crippen molar-refractivity contribution in [2.24, 2.45) is 0 Å². The third kappa shape index (κ3) is 7.63. The van der Waals surface area contributed by atoms with Crippen LogP contribution in [-0.2, 0) is 9.13 Å². The SMILES string of the molecule is COc1c(C)cc(P(=O)(c2cc(C)c(OC)c(C)c2)c2cc(-c3c(P(=O)(c4cc(C)c(OC)c(C)c4)c4cc(C)c(OC)c(C)c4)cc(C)c4c3OC(C)(C)O4)c3c(c2C)OC(C)(C)O3)cc1C. The quantitative estimate of drug-likeness (QED) is 0.117. The molecule has 10 nitrogen and oxygen atoms in total. The Morgan fingerprint density at radius 3 is 1.00 bits per heavy atom. The van der Waals surface area contributed by atoms with Crippen LogP contribution in [0.4, 0.5) is 0 Å². The lowest BCUT2D eigenvalue weighted by atomic mass is 9.98. The van der Waals surface area contributed by atoms with Gasteiger partial charge in [-0.15, -0.1) is 0 Å². The summed E-state index contributed by atoms with van der Waals surface area (Å²) in [6.45, 7) is 27.0. The number of aryl methyl sites for hydroxylation is 9. The van der Waals surface area contributed by atoms with Crippen molar-refractivity contribution in [3.8, 4) is 57.1 Å². The number of hydrogen-bond acceptors (Lipinski definition) is 10. The molecule has 0 spiro atoms. The highest BCUT2D eigenvalue weighted by molar-refractivity contribution is 7.86. The van der Waals surface area contributed by atoms with Crippen molar-refractivity contribution >= 4 is 46.1 Å². The lowest BCUT2D eigenvalue weighted by Gasteiger charge is -2.29. The zero-order valence-electron chi connectivity index (χ0n) is 42.8. The van der Waals surface area contributed by atoms with E-state index in [4.69, 9.17) is 37.9 Å². The summed E-state index contributed by atoms with van der Waals surface area (Å²) in [5.74, 6) is 2.33. The van der Waals surface area contributed by atoms with Crippen LogP contribution in [0.25, 0.3) is 11.1 Å². The van der Waals surface area contributed by atoms with Crippen molar-refractivity contribution in [3.05, 3.63) is 116 Å². The van der Waals surface area contributed by atoms with E-state index in [2.05, 4.69) is 0 Å². The van der Waals surface area contributed by atoms with Gasteiger partial charge in [-0.05, 0) is 180 Å². The third-order valence-corrected chi connectivity index (χ3v) is 19.4. The van der Waals surface area contributed by atoms with E-state index in [1.807, 2.05) is 158 Å². The molecule has 0 aromatic heterocycles. The van der Waals surface area contributed by atoms with Crippen LogP contribution in [0.3, 0.4) is 0 Å². The molecule has 2 heterocycles. The van der Waals surface area contributed by atoms with Crippen molar-refractivity contribution in [2.75, 3.05) is 28.4 Å². The van der Waals surface area contributed by atoms with Crippen LogP contribution in [0, 0.1) is 69.2 Å². The molecule has 0 unspecified atom stereocenters. The maximum atomic E-state index is 17.5. The number of ether oxygens (including phenoxy) is 8. The van der Waals surface area contributed by atoms with Crippen LogP contribution >= 0.6 is 14.3 Å². The Kier molecular flexibility index (Phi) is 12.2. The molecule has 68 heavy (non-hydrogen) atoms. The largest absolute Gasteiger partial charge is 0.496 e. The van der Waals surface area contributed by atoms with Gasteiger partial charge in [0.15, 0.2) is 37.3 Å². The van der Waals surface area contributed by atoms with Crippen LogP contribution in [-0.4, -0.2) is 40.0 Å². The second-order valence-corrected chi connectivity index (χ2v) is 24.8. The van der Waals surface area contributed by atoms with Gasteiger partial charge < -0.3 is 47.0 Å². The van der Waals surface area contributed by atoms with E-state index >= 15 is 9.13 Å². The molecule has 0 amide bonds. The Morgan fingerprint density at radius 2 is 0.662 bits per heavy atom. The molecule has 8 rings (SSSR count). The van der Waals surface area contributed by atoms with Crippen LogP contribution in [0.15, 0.2) is 60.7 Å². The summed E-state index contributed by atoms with van der Waals surface area (Å²) in [6.07, 6.45) is 0. The van der Waals surface area contributed by atoms with Crippen molar-refractivity contribution in [2.45, 2.75) is 109 Å². The molecule has 0 radical (unpaired) electrons. The summed E-state index contributed by atoms with van der Waals surface area (Å²) in [7, 11) is -1.28. The first-order valence-corrected chi connectivity index (χ1v) is 26.2. The predicted octanol–water partition coefficient (Wildman–Crippen LogP) is 10.8. The maximum Gasteiger partial charge on any atom is 0.246 e. The zero-order chi connectivity index (χ0) is 49.7. The summed E-state index contributed by atoms with van der Waals surface area (Å²) in [6, 6.07) is 19.6. The molecule has 2 aliphatic rings. The minimum atomic E-state index is -3.97. The van der Waals surface area contributed by atoms with Crippen molar-refractivity contribution in [1.82, 2.24) is 0 Å². The molecule has 0 saturated heterocycles. The summed E-state index contributed by atoms with van der Waals surface area (Å²) in [5.41, 5.74) is 9.03. The molecule has 12 heteroatoms. The minimum Gasteiger partial charge on any atom is -0.496 e. The van der Waals surface area contributed by atoms with Gasteiger partial charge in [-0.1, -0.05) is 0 Å². The standard InChI is InChI=1S/C56H64O10P2/c1-29-19-39(20-30(2)47(29)59-15)67(57,40-21-31(3)48(60-16)32(4)22-40)44-28-43(53-52(38(44)10)64-56(13,14)65-53)46-45(27-37(9)51-54(46)66-55(11,12)63-51)68(58,41-23-33(5)49(61-17)34(6)24-41)42-25-35(7)50(62-18)36(8)26-42/h19-28H,1-18H3. The Bertz CT molecular complexity index is 2980. The van der Waals surface area contributed by atoms with Crippen LogP contribution < -0.4 is 69.7 Å². The van der Waals surface area contributed by atoms with Crippen LogP contribution in [0.1, 0.15) is 83.3 Å². The van der Waals surface area contributed by atoms with Gasteiger partial charge in [0.2, 0.25) is 11.6 Å². The highest BCUT2D eigenvalue weighted by Crippen LogP contribution is 2.60. The van der Waals surface area contributed by atoms with Crippen molar-refractivity contribution in [3.63, 3.8) is 0 Å². The fraction of sp³-hybridized carbons (Fsp3) is 0.357. The van der Waals surface area contributed by atoms with E-state index < -0.39 is 25.9 Å². The van der Waals surface area contributed by atoms with Crippen LogP contribution in [0.5, 0.6) is 46.0 Å². The Morgan fingerprint density at radius 1 is 0.368 bits per heavy atom. The van der Waals surface area contributed by atoms with E-state index in [9.17, 15) is 0 Å². The first-order chi connectivity index (χ1) is 31.8. The van der Waals surface area contributed by atoms with Crippen molar-refractivity contribution in [1.29, 1.82) is 0 Å². The molecule has 358 valence electrons. The highest BCUT2D eigenvalue weighted by Gasteiger charge is 2.47. The summed E-state index contributed by atoms with van der Waals surface area (Å²) >= 11 is 0. The predicted molar refractivity (Wildman–Crippen MR) is 275 cm³/mol. The highest BCUT2D eigenvalue weighted by atomic mass is 31.2. The van der Waals surface area contributed by atoms with Crippen LogP contribution in [0.2, 0.25) is 0 Å². The lowest BCUT2D eigenvalue weighted by molar-refractivity contribution is -0.0444. The van der Waals surface area contributed by atoms with Gasteiger partial charge in [-0.25, -0.2) is 0 Å². The molecule has 0 atom stereocenters. The number of rotatable bonds is 11. The van der Waals surface area contributed by atoms with E-state index in [0.717, 1.165) is 61.6 Å². The second-order valence-electron chi connectivity index (χ2n) is 19.4. The van der Waals surface area contributed by atoms with Gasteiger partial charge >= 0.3 is 0 Å². The monoisotopic (exact) mass is 958 g/mol. The summed E-state index contributed by atoms with van der Waals surface area (Å²) < 4.78 is 85.4. The normalized spacial score (nSPS) is 14.6. The van der Waals surface area contributed by atoms with Gasteiger partial charge in [0.05, 0.1) is 28.4 Å². The maximum absolute atomic E-state index is 17.5. The lowest BCUT2D eigenvalue weighted by Crippen LogP contribution is -2.31. The van der Waals surface area contributed by atoms with Crippen molar-refractivity contribution < 1.29 is 47.0 Å². The van der Waals surface area contributed by atoms with Gasteiger partial charge in [-0.2, -0.15) is 0 Å². The number of benzene rings is 6. The van der Waals surface area contributed by atoms with E-state index in [-0.39, 0.29) is 0 Å². The fourth-order valence-corrected chi connectivity index (χ4v) is 17.1. The minimum absolute atomic E-state index is 0.390. The average molecular weight is 959 g/mol. The first kappa shape index (κ1) is 48.6. The molecule has 6 aromatic rings.